The largest absolute Gasteiger partial charge is 0.271 e. The molecule has 0 radical (unpaired) electrons. The Hall–Kier alpha value is -2.14. The summed E-state index contributed by atoms with van der Waals surface area (Å²) in [5.74, 6) is -0.750. The number of halogens is 1. The average Bonchev–Trinajstić information content (AvgIpc) is 2.83. The van der Waals surface area contributed by atoms with Crippen molar-refractivity contribution in [1.29, 1.82) is 0 Å². The molecule has 0 atom stereocenters. The summed E-state index contributed by atoms with van der Waals surface area (Å²) in [7, 11) is -3.91. The van der Waals surface area contributed by atoms with Gasteiger partial charge in [0.25, 0.3) is 10.0 Å². The van der Waals surface area contributed by atoms with Crippen molar-refractivity contribution in [1.82, 2.24) is 3.97 Å². The third-order valence-corrected chi connectivity index (χ3v) is 4.66. The number of hydrogen-bond acceptors (Lipinski definition) is 2. The first-order valence-corrected chi connectivity index (χ1v) is 7.11. The predicted molar refractivity (Wildman–Crippen MR) is 70.9 cm³/mol. The van der Waals surface area contributed by atoms with Gasteiger partial charge in [0.2, 0.25) is 0 Å². The summed E-state index contributed by atoms with van der Waals surface area (Å²) in [4.78, 5) is -0.323. The van der Waals surface area contributed by atoms with E-state index in [9.17, 15) is 12.8 Å². The van der Waals surface area contributed by atoms with Crippen molar-refractivity contribution in [2.24, 2.45) is 0 Å². The molecule has 2 aromatic carbocycles. The highest BCUT2D eigenvalue weighted by Crippen LogP contribution is 2.23. The van der Waals surface area contributed by atoms with Crippen LogP contribution in [0.2, 0.25) is 0 Å². The molecule has 3 aromatic rings. The van der Waals surface area contributed by atoms with E-state index < -0.39 is 15.8 Å². The molecule has 19 heavy (non-hydrogen) atoms. The summed E-state index contributed by atoms with van der Waals surface area (Å²) < 4.78 is 39.7. The molecule has 1 heterocycles. The van der Waals surface area contributed by atoms with E-state index >= 15 is 0 Å². The number of nitrogens with zero attached hydrogens (tertiary/aromatic N) is 1. The zero-order valence-electron chi connectivity index (χ0n) is 9.82. The van der Waals surface area contributed by atoms with Crippen molar-refractivity contribution in [2.75, 3.05) is 0 Å². The molecular formula is C14H10FNO2S. The average molecular weight is 275 g/mol. The lowest BCUT2D eigenvalue weighted by molar-refractivity contribution is 0.562. The standard InChI is InChI=1S/C14H10FNO2S/c15-12-6-2-4-8-14(12)19(17,18)16-10-9-11-5-1-3-7-13(11)16/h1-10H. The van der Waals surface area contributed by atoms with Crippen LogP contribution in [0, 0.1) is 5.82 Å². The number of hydrogen-bond donors (Lipinski definition) is 0. The minimum Gasteiger partial charge on any atom is -0.241 e. The molecule has 0 aliphatic carbocycles. The summed E-state index contributed by atoms with van der Waals surface area (Å²) >= 11 is 0. The maximum absolute atomic E-state index is 13.7. The highest BCUT2D eigenvalue weighted by atomic mass is 32.2. The Kier molecular flexibility index (Phi) is 2.64. The van der Waals surface area contributed by atoms with E-state index in [1.807, 2.05) is 12.1 Å². The second kappa shape index (κ2) is 4.20. The number of rotatable bonds is 2. The molecule has 3 rings (SSSR count). The van der Waals surface area contributed by atoms with Crippen molar-refractivity contribution in [3.63, 3.8) is 0 Å². The monoisotopic (exact) mass is 275 g/mol. The third-order valence-electron chi connectivity index (χ3n) is 2.94. The Bertz CT molecular complexity index is 853. The molecule has 0 N–H and O–H groups in total. The molecule has 0 aliphatic heterocycles. The highest BCUT2D eigenvalue weighted by Gasteiger charge is 2.21. The van der Waals surface area contributed by atoms with Crippen LogP contribution in [-0.2, 0) is 10.0 Å². The predicted octanol–water partition coefficient (Wildman–Crippen LogP) is 3.02. The number of benzene rings is 2. The summed E-state index contributed by atoms with van der Waals surface area (Å²) in [6.07, 6.45) is 1.44. The lowest BCUT2D eigenvalue weighted by Gasteiger charge is -2.08. The number of aromatic nitrogens is 1. The highest BCUT2D eigenvalue weighted by molar-refractivity contribution is 7.90. The summed E-state index contributed by atoms with van der Waals surface area (Å²) in [6.45, 7) is 0. The number of fused-ring (bicyclic) bond motifs is 1. The summed E-state index contributed by atoms with van der Waals surface area (Å²) in [6, 6.07) is 14.1. The van der Waals surface area contributed by atoms with Gasteiger partial charge >= 0.3 is 0 Å². The minimum absolute atomic E-state index is 0.323. The van der Waals surface area contributed by atoms with Gasteiger partial charge in [-0.1, -0.05) is 30.3 Å². The molecule has 0 spiro atoms. The normalized spacial score (nSPS) is 11.8. The van der Waals surface area contributed by atoms with E-state index in [-0.39, 0.29) is 4.90 Å². The smallest absolute Gasteiger partial charge is 0.241 e. The van der Waals surface area contributed by atoms with Gasteiger partial charge in [0.15, 0.2) is 0 Å². The van der Waals surface area contributed by atoms with Gasteiger partial charge in [0.1, 0.15) is 10.7 Å². The van der Waals surface area contributed by atoms with Gasteiger partial charge in [-0.05, 0) is 24.3 Å². The van der Waals surface area contributed by atoms with E-state index in [0.29, 0.717) is 5.52 Å². The van der Waals surface area contributed by atoms with E-state index in [1.54, 1.807) is 18.2 Å². The quantitative estimate of drug-likeness (QED) is 0.721. The molecule has 0 fully saturated rings. The minimum atomic E-state index is -3.91. The summed E-state index contributed by atoms with van der Waals surface area (Å²) in [5.41, 5.74) is 0.533. The fourth-order valence-electron chi connectivity index (χ4n) is 2.03. The van der Waals surface area contributed by atoms with Crippen LogP contribution in [0.1, 0.15) is 0 Å². The van der Waals surface area contributed by atoms with Gasteiger partial charge in [-0.3, -0.25) is 0 Å². The fraction of sp³-hybridized carbons (Fsp3) is 0. The Balaban J connectivity index is 2.29. The van der Waals surface area contributed by atoms with Gasteiger partial charge in [0, 0.05) is 11.6 Å². The first-order chi connectivity index (χ1) is 9.10. The van der Waals surface area contributed by atoms with Crippen LogP contribution in [0.3, 0.4) is 0 Å². The van der Waals surface area contributed by atoms with Gasteiger partial charge in [-0.2, -0.15) is 0 Å². The molecule has 0 saturated carbocycles. The zero-order valence-corrected chi connectivity index (χ0v) is 10.6. The Morgan fingerprint density at radius 2 is 1.58 bits per heavy atom. The van der Waals surface area contributed by atoms with E-state index in [0.717, 1.165) is 15.4 Å². The van der Waals surface area contributed by atoms with E-state index in [1.165, 1.54) is 24.4 Å². The second-order valence-electron chi connectivity index (χ2n) is 4.11. The maximum Gasteiger partial charge on any atom is 0.271 e. The molecule has 96 valence electrons. The van der Waals surface area contributed by atoms with Gasteiger partial charge < -0.3 is 0 Å². The van der Waals surface area contributed by atoms with Crippen molar-refractivity contribution < 1.29 is 12.8 Å². The molecule has 3 nitrogen and oxygen atoms in total. The van der Waals surface area contributed by atoms with Crippen LogP contribution in [0.4, 0.5) is 4.39 Å². The first kappa shape index (κ1) is 11.9. The molecule has 1 aromatic heterocycles. The fourth-order valence-corrected chi connectivity index (χ4v) is 3.45. The topological polar surface area (TPSA) is 39.1 Å². The molecular weight excluding hydrogens is 265 g/mol. The zero-order chi connectivity index (χ0) is 13.5. The second-order valence-corrected chi connectivity index (χ2v) is 5.89. The van der Waals surface area contributed by atoms with Crippen molar-refractivity contribution in [3.05, 3.63) is 66.6 Å². The third kappa shape index (κ3) is 1.82. The Labute approximate surface area is 110 Å². The van der Waals surface area contributed by atoms with Crippen LogP contribution in [0.25, 0.3) is 10.9 Å². The van der Waals surface area contributed by atoms with Gasteiger partial charge in [-0.25, -0.2) is 16.8 Å². The molecule has 0 amide bonds. The van der Waals surface area contributed by atoms with Crippen molar-refractivity contribution in [2.45, 2.75) is 4.90 Å². The Morgan fingerprint density at radius 3 is 2.37 bits per heavy atom. The van der Waals surface area contributed by atoms with E-state index in [2.05, 4.69) is 0 Å². The van der Waals surface area contributed by atoms with Crippen LogP contribution < -0.4 is 0 Å². The first-order valence-electron chi connectivity index (χ1n) is 5.67. The van der Waals surface area contributed by atoms with Crippen LogP contribution in [-0.4, -0.2) is 12.4 Å². The van der Waals surface area contributed by atoms with Gasteiger partial charge in [-0.15, -0.1) is 0 Å². The lowest BCUT2D eigenvalue weighted by atomic mass is 10.3. The Morgan fingerprint density at radius 1 is 0.895 bits per heavy atom. The van der Waals surface area contributed by atoms with Crippen molar-refractivity contribution >= 4 is 20.9 Å². The molecule has 0 bridgehead atoms. The van der Waals surface area contributed by atoms with E-state index in [4.69, 9.17) is 0 Å². The molecule has 0 saturated heterocycles. The summed E-state index contributed by atoms with van der Waals surface area (Å²) in [5, 5.41) is 0.794. The SMILES string of the molecule is O=S(=O)(c1ccccc1F)n1ccc2ccccc21. The molecule has 0 unspecified atom stereocenters. The maximum atomic E-state index is 13.7. The number of para-hydroxylation sites is 1. The van der Waals surface area contributed by atoms with Crippen LogP contribution in [0.5, 0.6) is 0 Å². The molecule has 5 heteroatoms. The van der Waals surface area contributed by atoms with Gasteiger partial charge in [0.05, 0.1) is 5.52 Å². The van der Waals surface area contributed by atoms with Crippen molar-refractivity contribution in [3.8, 4) is 0 Å². The lowest BCUT2D eigenvalue weighted by Crippen LogP contribution is -2.13. The van der Waals surface area contributed by atoms with Crippen LogP contribution in [0.15, 0.2) is 65.7 Å². The van der Waals surface area contributed by atoms with Crippen LogP contribution >= 0.6 is 0 Å². The molecule has 0 aliphatic rings.